The van der Waals surface area contributed by atoms with Crippen LogP contribution in [0.5, 0.6) is 23.0 Å². The van der Waals surface area contributed by atoms with Crippen LogP contribution in [0.15, 0.2) is 158 Å². The molecule has 10 aromatic rings. The fraction of sp³-hybridized carbons (Fsp3) is 0.238. The van der Waals surface area contributed by atoms with E-state index in [0.29, 0.717) is 29.0 Å². The summed E-state index contributed by atoms with van der Waals surface area (Å²) in [6.45, 7) is 21.6. The monoisotopic (exact) mass is 910 g/mol. The Balaban J connectivity index is 1.00. The van der Waals surface area contributed by atoms with Gasteiger partial charge in [0.1, 0.15) is 23.0 Å². The molecule has 8 aromatic carbocycles. The zero-order valence-electron chi connectivity index (χ0n) is 41.5. The smallest absolute Gasteiger partial charge is 0.147 e. The van der Waals surface area contributed by atoms with Gasteiger partial charge in [-0.15, -0.1) is 0 Å². The Morgan fingerprint density at radius 2 is 0.739 bits per heavy atom. The Kier molecular flexibility index (Phi) is 11.3. The number of aromatic hydroxyl groups is 2. The lowest BCUT2D eigenvalue weighted by molar-refractivity contribution is 0.131. The molecular formula is C63H62N2O4. The van der Waals surface area contributed by atoms with Crippen LogP contribution in [0.2, 0.25) is 0 Å². The van der Waals surface area contributed by atoms with Gasteiger partial charge in [0.15, 0.2) is 0 Å². The minimum Gasteiger partial charge on any atom is -0.505 e. The highest BCUT2D eigenvalue weighted by atomic mass is 16.5. The van der Waals surface area contributed by atoms with Gasteiger partial charge in [0.25, 0.3) is 0 Å². The molecule has 0 radical (unpaired) electrons. The normalized spacial score (nSPS) is 13.1. The van der Waals surface area contributed by atoms with Gasteiger partial charge >= 0.3 is 0 Å². The highest BCUT2D eigenvalue weighted by molar-refractivity contribution is 6.10. The SMILES string of the molecule is Cc1cc(-c2cc(C(C)(C)C)ccc2O[C@H](C)C[C@@H](C)Oc2ccc(C(C)(C)C)cc2-c2cc(C)cc(-n3c4ccccc4c4ccccc43)c2O)c(O)c(-n2c3ccccc3c3ccccc32)c1. The number of nitrogens with zero attached hydrogens (tertiary/aromatic N) is 2. The van der Waals surface area contributed by atoms with Crippen molar-refractivity contribution in [3.8, 4) is 56.6 Å². The zero-order valence-corrected chi connectivity index (χ0v) is 41.5. The Hall–Kier alpha value is -7.44. The fourth-order valence-corrected chi connectivity index (χ4v) is 10.3. The quantitative estimate of drug-likeness (QED) is 0.143. The lowest BCUT2D eigenvalue weighted by atomic mass is 9.85. The van der Waals surface area contributed by atoms with Crippen molar-refractivity contribution in [1.29, 1.82) is 0 Å². The van der Waals surface area contributed by atoms with E-state index in [1.807, 2.05) is 24.3 Å². The maximum Gasteiger partial charge on any atom is 0.147 e. The molecule has 0 unspecified atom stereocenters. The van der Waals surface area contributed by atoms with Crippen LogP contribution in [-0.2, 0) is 10.8 Å². The molecule has 6 nitrogen and oxygen atoms in total. The van der Waals surface area contributed by atoms with Crippen LogP contribution in [0.3, 0.4) is 0 Å². The summed E-state index contributed by atoms with van der Waals surface area (Å²) in [6, 6.07) is 54.5. The molecule has 0 fully saturated rings. The average Bonchev–Trinajstić information content (AvgIpc) is 3.83. The van der Waals surface area contributed by atoms with Crippen molar-refractivity contribution in [1.82, 2.24) is 9.13 Å². The van der Waals surface area contributed by atoms with E-state index in [0.717, 1.165) is 88.4 Å². The van der Waals surface area contributed by atoms with Gasteiger partial charge in [-0.2, -0.15) is 0 Å². The molecule has 6 heteroatoms. The van der Waals surface area contributed by atoms with Crippen molar-refractivity contribution in [3.05, 3.63) is 180 Å². The second-order valence-corrected chi connectivity index (χ2v) is 21.1. The predicted molar refractivity (Wildman–Crippen MR) is 287 cm³/mol. The maximum atomic E-state index is 12.5. The molecule has 348 valence electrons. The van der Waals surface area contributed by atoms with Crippen LogP contribution in [-0.4, -0.2) is 31.6 Å². The molecule has 2 heterocycles. The third-order valence-electron chi connectivity index (χ3n) is 13.7. The molecule has 0 aliphatic rings. The zero-order chi connectivity index (χ0) is 48.5. The first-order valence-electron chi connectivity index (χ1n) is 24.2. The number of aryl methyl sites for hydroxylation is 2. The van der Waals surface area contributed by atoms with Gasteiger partial charge in [-0.3, -0.25) is 0 Å². The summed E-state index contributed by atoms with van der Waals surface area (Å²) >= 11 is 0. The first-order chi connectivity index (χ1) is 33.0. The predicted octanol–water partition coefficient (Wildman–Crippen LogP) is 16.5. The Morgan fingerprint density at radius 3 is 1.06 bits per heavy atom. The van der Waals surface area contributed by atoms with Gasteiger partial charge in [-0.25, -0.2) is 0 Å². The van der Waals surface area contributed by atoms with Crippen LogP contribution in [0.4, 0.5) is 0 Å². The molecule has 2 atom stereocenters. The number of hydrogen-bond acceptors (Lipinski definition) is 4. The molecular weight excluding hydrogens is 849 g/mol. The van der Waals surface area contributed by atoms with E-state index in [1.54, 1.807) is 0 Å². The van der Waals surface area contributed by atoms with E-state index in [1.165, 1.54) is 0 Å². The lowest BCUT2D eigenvalue weighted by Crippen LogP contribution is -2.23. The summed E-state index contributed by atoms with van der Waals surface area (Å²) in [7, 11) is 0. The molecule has 10 rings (SSSR count). The molecule has 0 amide bonds. The fourth-order valence-electron chi connectivity index (χ4n) is 10.3. The molecule has 0 aliphatic heterocycles. The maximum absolute atomic E-state index is 12.5. The molecule has 0 bridgehead atoms. The molecule has 0 aliphatic carbocycles. The van der Waals surface area contributed by atoms with Crippen LogP contribution >= 0.6 is 0 Å². The van der Waals surface area contributed by atoms with Crippen LogP contribution in [0.1, 0.15) is 84.1 Å². The first kappa shape index (κ1) is 45.3. The number of rotatable bonds is 10. The number of benzene rings is 8. The minimum atomic E-state index is -0.269. The highest BCUT2D eigenvalue weighted by Crippen LogP contribution is 2.47. The van der Waals surface area contributed by atoms with Gasteiger partial charge in [0.2, 0.25) is 0 Å². The summed E-state index contributed by atoms with van der Waals surface area (Å²) in [4.78, 5) is 0. The lowest BCUT2D eigenvalue weighted by Gasteiger charge is -2.26. The number of para-hydroxylation sites is 4. The standard InChI is InChI=1S/C63H62N2O4/c1-38-31-50(60(66)56(33-38)64-52-23-15-11-19-44(52)45-20-12-16-24-53(45)64)48-36-42(62(5,6)7)27-29-58(48)68-40(3)35-41(4)69-59-30-28-43(63(8,9)10)37-49(59)51-32-39(2)34-57(61(51)67)65-54-25-17-13-21-46(54)47-22-14-18-26-55(47)65/h11-34,36-37,40-41,66-67H,35H2,1-10H3/t40-,41-/m1/s1. The van der Waals surface area contributed by atoms with Gasteiger partial charge in [-0.1, -0.05) is 126 Å². The Bertz CT molecular complexity index is 3250. The van der Waals surface area contributed by atoms with E-state index in [-0.39, 0.29) is 34.5 Å². The van der Waals surface area contributed by atoms with Crippen molar-refractivity contribution >= 4 is 43.6 Å². The van der Waals surface area contributed by atoms with Gasteiger partial charge in [-0.05, 0) is 134 Å². The second kappa shape index (κ2) is 17.3. The van der Waals surface area contributed by atoms with Crippen molar-refractivity contribution in [2.75, 3.05) is 0 Å². The van der Waals surface area contributed by atoms with E-state index in [9.17, 15) is 10.2 Å². The average molecular weight is 911 g/mol. The Morgan fingerprint density at radius 1 is 0.420 bits per heavy atom. The Labute approximate surface area is 406 Å². The number of fused-ring (bicyclic) bond motifs is 6. The number of ether oxygens (including phenoxy) is 2. The second-order valence-electron chi connectivity index (χ2n) is 21.1. The van der Waals surface area contributed by atoms with Gasteiger partial charge in [0.05, 0.1) is 45.6 Å². The van der Waals surface area contributed by atoms with E-state index >= 15 is 0 Å². The number of phenolic OH excluding ortho intramolecular Hbond substituents is 2. The summed E-state index contributed by atoms with van der Waals surface area (Å²) in [6.07, 6.45) is 0.0313. The van der Waals surface area contributed by atoms with Crippen molar-refractivity contribution < 1.29 is 19.7 Å². The number of aromatic nitrogens is 2. The molecule has 0 saturated carbocycles. The molecule has 69 heavy (non-hydrogen) atoms. The third kappa shape index (κ3) is 8.26. The summed E-state index contributed by atoms with van der Waals surface area (Å²) < 4.78 is 18.2. The van der Waals surface area contributed by atoms with Crippen LogP contribution < -0.4 is 9.47 Å². The molecule has 2 N–H and O–H groups in total. The summed E-state index contributed by atoms with van der Waals surface area (Å²) in [5.74, 6) is 1.77. The molecule has 0 saturated heterocycles. The summed E-state index contributed by atoms with van der Waals surface area (Å²) in [5.41, 5.74) is 12.7. The van der Waals surface area contributed by atoms with Crippen LogP contribution in [0, 0.1) is 13.8 Å². The topological polar surface area (TPSA) is 68.8 Å². The largest absolute Gasteiger partial charge is 0.505 e. The number of phenols is 2. The number of hydrogen-bond donors (Lipinski definition) is 2. The third-order valence-corrected chi connectivity index (χ3v) is 13.7. The molecule has 0 spiro atoms. The van der Waals surface area contributed by atoms with Crippen LogP contribution in [0.25, 0.3) is 77.2 Å². The minimum absolute atomic E-state index is 0.146. The van der Waals surface area contributed by atoms with Gasteiger partial charge < -0.3 is 28.8 Å². The van der Waals surface area contributed by atoms with Crippen molar-refractivity contribution in [2.24, 2.45) is 0 Å². The first-order valence-corrected chi connectivity index (χ1v) is 24.2. The molecule has 2 aromatic heterocycles. The van der Waals surface area contributed by atoms with E-state index < -0.39 is 0 Å². The summed E-state index contributed by atoms with van der Waals surface area (Å²) in [5, 5.41) is 29.5. The van der Waals surface area contributed by atoms with Crippen molar-refractivity contribution in [2.45, 2.75) is 98.7 Å². The van der Waals surface area contributed by atoms with Gasteiger partial charge in [0, 0.05) is 50.2 Å². The van der Waals surface area contributed by atoms with E-state index in [2.05, 4.69) is 212 Å². The highest BCUT2D eigenvalue weighted by Gasteiger charge is 2.26. The van der Waals surface area contributed by atoms with E-state index in [4.69, 9.17) is 9.47 Å². The van der Waals surface area contributed by atoms with Crippen molar-refractivity contribution in [3.63, 3.8) is 0 Å².